The maximum atomic E-state index is 5.52. The van der Waals surface area contributed by atoms with Crippen molar-refractivity contribution < 1.29 is 9.47 Å². The lowest BCUT2D eigenvalue weighted by Crippen LogP contribution is -1.98. The second-order valence-corrected chi connectivity index (χ2v) is 8.80. The Morgan fingerprint density at radius 1 is 1.10 bits per heavy atom. The Labute approximate surface area is 155 Å². The van der Waals surface area contributed by atoms with Gasteiger partial charge in [-0.1, -0.05) is 22.0 Å². The first-order valence-corrected chi connectivity index (χ1v) is 9.59. The Hall–Kier alpha value is 0.440. The molecular formula is C13H10Br4O2S. The molecule has 2 aromatic rings. The molecule has 0 fully saturated rings. The summed E-state index contributed by atoms with van der Waals surface area (Å²) in [5, 5.41) is 0. The largest absolute Gasteiger partial charge is 0.495 e. The van der Waals surface area contributed by atoms with E-state index >= 15 is 0 Å². The lowest BCUT2D eigenvalue weighted by molar-refractivity contribution is 0.387. The van der Waals surface area contributed by atoms with Gasteiger partial charge in [0.15, 0.2) is 0 Å². The fourth-order valence-electron chi connectivity index (χ4n) is 1.76. The molecule has 1 aromatic carbocycles. The van der Waals surface area contributed by atoms with Gasteiger partial charge in [-0.2, -0.15) is 0 Å². The number of rotatable bonds is 4. The van der Waals surface area contributed by atoms with E-state index in [0.717, 1.165) is 29.8 Å². The minimum atomic E-state index is 0.0484. The van der Waals surface area contributed by atoms with Crippen molar-refractivity contribution in [1.82, 2.24) is 0 Å². The lowest BCUT2D eigenvalue weighted by Gasteiger charge is -2.16. The predicted molar refractivity (Wildman–Crippen MR) is 97.7 cm³/mol. The van der Waals surface area contributed by atoms with E-state index in [9.17, 15) is 0 Å². The van der Waals surface area contributed by atoms with Gasteiger partial charge in [-0.05, 0) is 59.9 Å². The minimum absolute atomic E-state index is 0.0484. The molecule has 0 aliphatic carbocycles. The molecule has 0 N–H and O–H groups in total. The molecule has 0 aliphatic rings. The van der Waals surface area contributed by atoms with Gasteiger partial charge in [-0.15, -0.1) is 11.3 Å². The molecule has 0 amide bonds. The molecule has 0 bridgehead atoms. The summed E-state index contributed by atoms with van der Waals surface area (Å²) in [6.45, 7) is 0. The van der Waals surface area contributed by atoms with Gasteiger partial charge in [-0.3, -0.25) is 0 Å². The van der Waals surface area contributed by atoms with E-state index in [-0.39, 0.29) is 4.83 Å². The third kappa shape index (κ3) is 3.27. The Kier molecular flexibility index (Phi) is 5.99. The third-order valence-corrected chi connectivity index (χ3v) is 8.06. The van der Waals surface area contributed by atoms with Crippen molar-refractivity contribution in [1.29, 1.82) is 0 Å². The lowest BCUT2D eigenvalue weighted by atomic mass is 10.1. The van der Waals surface area contributed by atoms with Gasteiger partial charge >= 0.3 is 0 Å². The van der Waals surface area contributed by atoms with Crippen molar-refractivity contribution in [2.75, 3.05) is 14.2 Å². The molecule has 7 heteroatoms. The molecule has 0 saturated heterocycles. The summed E-state index contributed by atoms with van der Waals surface area (Å²) in [5.41, 5.74) is 1.04. The van der Waals surface area contributed by atoms with Gasteiger partial charge in [0.05, 0.1) is 22.8 Å². The van der Waals surface area contributed by atoms with E-state index in [4.69, 9.17) is 9.47 Å². The first kappa shape index (κ1) is 16.8. The van der Waals surface area contributed by atoms with E-state index < -0.39 is 0 Å². The molecule has 2 rings (SSSR count). The van der Waals surface area contributed by atoms with E-state index in [1.54, 1.807) is 25.6 Å². The molecule has 1 heterocycles. The van der Waals surface area contributed by atoms with E-state index in [0.29, 0.717) is 0 Å². The molecule has 0 saturated carbocycles. The highest BCUT2D eigenvalue weighted by Crippen LogP contribution is 2.47. The number of halogens is 4. The normalized spacial score (nSPS) is 12.3. The first-order valence-electron chi connectivity index (χ1n) is 5.48. The number of methoxy groups -OCH3 is 2. The van der Waals surface area contributed by atoms with Gasteiger partial charge in [-0.25, -0.2) is 0 Å². The Morgan fingerprint density at radius 2 is 1.80 bits per heavy atom. The van der Waals surface area contributed by atoms with Crippen LogP contribution in [0.1, 0.15) is 15.3 Å². The molecule has 108 valence electrons. The van der Waals surface area contributed by atoms with Crippen LogP contribution < -0.4 is 9.47 Å². The van der Waals surface area contributed by atoms with Crippen LogP contribution in [0.2, 0.25) is 0 Å². The standard InChI is InChI=1S/C13H10Br4O2S/c1-18-8-4-3-6(12(19-2)11(8)16)10(15)9-5-7(14)13(17)20-9/h3-5,10H,1-2H3. The van der Waals surface area contributed by atoms with Crippen LogP contribution >= 0.6 is 75.1 Å². The summed E-state index contributed by atoms with van der Waals surface area (Å²) in [4.78, 5) is 1.23. The Bertz CT molecular complexity index is 608. The number of hydrogen-bond donors (Lipinski definition) is 0. The van der Waals surface area contributed by atoms with E-state index in [1.165, 1.54) is 4.88 Å². The first-order chi connectivity index (χ1) is 9.49. The van der Waals surface area contributed by atoms with Crippen LogP contribution in [-0.4, -0.2) is 14.2 Å². The highest BCUT2D eigenvalue weighted by molar-refractivity contribution is 9.13. The highest BCUT2D eigenvalue weighted by atomic mass is 79.9. The average Bonchev–Trinajstić information content (AvgIpc) is 2.77. The van der Waals surface area contributed by atoms with Crippen molar-refractivity contribution >= 4 is 75.1 Å². The summed E-state index contributed by atoms with van der Waals surface area (Å²) in [6, 6.07) is 6.02. The van der Waals surface area contributed by atoms with Crippen molar-refractivity contribution in [3.05, 3.63) is 41.4 Å². The summed E-state index contributed by atoms with van der Waals surface area (Å²) in [7, 11) is 3.29. The van der Waals surface area contributed by atoms with E-state index in [1.807, 2.05) is 12.1 Å². The second kappa shape index (κ2) is 7.13. The maximum absolute atomic E-state index is 5.52. The second-order valence-electron chi connectivity index (χ2n) is 3.84. The predicted octanol–water partition coefficient (Wildman–Crippen LogP) is 6.54. The minimum Gasteiger partial charge on any atom is -0.495 e. The molecule has 0 radical (unpaired) electrons. The van der Waals surface area contributed by atoms with Crippen molar-refractivity contribution in [2.45, 2.75) is 4.83 Å². The number of thiophene rings is 1. The van der Waals surface area contributed by atoms with Crippen molar-refractivity contribution in [3.63, 3.8) is 0 Å². The fourth-order valence-corrected chi connectivity index (χ4v) is 5.30. The fraction of sp³-hybridized carbons (Fsp3) is 0.231. The van der Waals surface area contributed by atoms with Crippen LogP contribution in [0.15, 0.2) is 30.9 Å². The SMILES string of the molecule is COc1ccc(C(Br)c2cc(Br)c(Br)s2)c(OC)c1Br. The molecular weight excluding hydrogens is 540 g/mol. The summed E-state index contributed by atoms with van der Waals surface area (Å²) >= 11 is 16.0. The molecule has 0 spiro atoms. The third-order valence-electron chi connectivity index (χ3n) is 2.70. The monoisotopic (exact) mass is 546 g/mol. The summed E-state index contributed by atoms with van der Waals surface area (Å²) < 4.78 is 13.8. The number of benzene rings is 1. The molecule has 2 nitrogen and oxygen atoms in total. The van der Waals surface area contributed by atoms with Crippen LogP contribution in [-0.2, 0) is 0 Å². The molecule has 0 aliphatic heterocycles. The average molecular weight is 550 g/mol. The van der Waals surface area contributed by atoms with Crippen molar-refractivity contribution in [3.8, 4) is 11.5 Å². The topological polar surface area (TPSA) is 18.5 Å². The van der Waals surface area contributed by atoms with Gasteiger partial charge < -0.3 is 9.47 Å². The van der Waals surface area contributed by atoms with Crippen LogP contribution in [0.3, 0.4) is 0 Å². The molecule has 20 heavy (non-hydrogen) atoms. The molecule has 1 atom stereocenters. The van der Waals surface area contributed by atoms with Gasteiger partial charge in [0, 0.05) is 14.9 Å². The van der Waals surface area contributed by atoms with Crippen molar-refractivity contribution in [2.24, 2.45) is 0 Å². The Balaban J connectivity index is 2.49. The quantitative estimate of drug-likeness (QED) is 0.403. The van der Waals surface area contributed by atoms with Crippen LogP contribution in [0.5, 0.6) is 11.5 Å². The number of hydrogen-bond acceptors (Lipinski definition) is 3. The van der Waals surface area contributed by atoms with Gasteiger partial charge in [0.2, 0.25) is 0 Å². The molecule has 1 unspecified atom stereocenters. The zero-order valence-electron chi connectivity index (χ0n) is 10.5. The van der Waals surface area contributed by atoms with Crippen LogP contribution in [0, 0.1) is 0 Å². The number of alkyl halides is 1. The Morgan fingerprint density at radius 3 is 2.30 bits per heavy atom. The highest BCUT2D eigenvalue weighted by Gasteiger charge is 2.22. The maximum Gasteiger partial charge on any atom is 0.141 e. The summed E-state index contributed by atoms with van der Waals surface area (Å²) in [6.07, 6.45) is 0. The van der Waals surface area contributed by atoms with Gasteiger partial charge in [0.1, 0.15) is 16.0 Å². The summed E-state index contributed by atoms with van der Waals surface area (Å²) in [5.74, 6) is 1.52. The zero-order valence-corrected chi connectivity index (χ0v) is 17.7. The van der Waals surface area contributed by atoms with Crippen LogP contribution in [0.25, 0.3) is 0 Å². The zero-order chi connectivity index (χ0) is 14.9. The van der Waals surface area contributed by atoms with E-state index in [2.05, 4.69) is 69.8 Å². The number of ether oxygens (including phenoxy) is 2. The van der Waals surface area contributed by atoms with Crippen LogP contribution in [0.4, 0.5) is 0 Å². The smallest absolute Gasteiger partial charge is 0.141 e. The van der Waals surface area contributed by atoms with Gasteiger partial charge in [0.25, 0.3) is 0 Å². The molecule has 1 aromatic heterocycles.